The average molecular weight is 541 g/mol. The van der Waals surface area contributed by atoms with Gasteiger partial charge in [-0.1, -0.05) is 29.8 Å². The first kappa shape index (κ1) is 23.5. The second kappa shape index (κ2) is 9.21. The van der Waals surface area contributed by atoms with Crippen LogP contribution in [-0.4, -0.2) is 50.9 Å². The fourth-order valence-corrected chi connectivity index (χ4v) is 5.35. The molecule has 1 atom stereocenters. The van der Waals surface area contributed by atoms with E-state index in [1.54, 1.807) is 12.1 Å². The summed E-state index contributed by atoms with van der Waals surface area (Å²) in [4.78, 5) is 43.5. The highest BCUT2D eigenvalue weighted by molar-refractivity contribution is 7.13. The Balaban J connectivity index is 1.46. The van der Waals surface area contributed by atoms with E-state index in [0.29, 0.717) is 18.6 Å². The number of nitrogens with zero attached hydrogens (tertiary/aromatic N) is 3. The fraction of sp³-hybridized carbons (Fsp3) is 0.208. The lowest BCUT2D eigenvalue weighted by atomic mass is 10.0. The minimum absolute atomic E-state index is 0.0300. The largest absolute Gasteiger partial charge is 0.377 e. The molecular formula is C24H18ClFN6O4S. The summed E-state index contributed by atoms with van der Waals surface area (Å²) in [5.74, 6) is -2.12. The van der Waals surface area contributed by atoms with Gasteiger partial charge < -0.3 is 25.3 Å². The van der Waals surface area contributed by atoms with Gasteiger partial charge in [0.2, 0.25) is 11.7 Å². The first-order valence-electron chi connectivity index (χ1n) is 11.3. The molecule has 0 aliphatic carbocycles. The molecule has 6 rings (SSSR count). The number of halogens is 2. The number of ether oxygens (including phenoxy) is 1. The van der Waals surface area contributed by atoms with E-state index in [1.807, 2.05) is 12.1 Å². The summed E-state index contributed by atoms with van der Waals surface area (Å²) in [7, 11) is 0. The number of imidazole rings is 1. The van der Waals surface area contributed by atoms with Crippen molar-refractivity contribution >= 4 is 56.8 Å². The van der Waals surface area contributed by atoms with Crippen molar-refractivity contribution in [3.05, 3.63) is 76.1 Å². The van der Waals surface area contributed by atoms with Gasteiger partial charge in [0.05, 0.1) is 35.7 Å². The van der Waals surface area contributed by atoms with Gasteiger partial charge in [0.1, 0.15) is 18.1 Å². The fourth-order valence-electron chi connectivity index (χ4n) is 4.35. The molecule has 0 bridgehead atoms. The number of carbonyl (C=O) groups excluding carboxylic acids is 3. The van der Waals surface area contributed by atoms with Crippen molar-refractivity contribution in [2.24, 2.45) is 0 Å². The Morgan fingerprint density at radius 1 is 1.19 bits per heavy atom. The molecule has 4 heterocycles. The Morgan fingerprint density at radius 3 is 2.78 bits per heavy atom. The van der Waals surface area contributed by atoms with Crippen molar-refractivity contribution in [2.45, 2.75) is 18.6 Å². The molecule has 2 aliphatic heterocycles. The maximum absolute atomic E-state index is 14.2. The van der Waals surface area contributed by atoms with E-state index in [1.165, 1.54) is 34.3 Å². The number of rotatable bonds is 5. The zero-order valence-electron chi connectivity index (χ0n) is 19.0. The van der Waals surface area contributed by atoms with Gasteiger partial charge in [-0.15, -0.1) is 0 Å². The summed E-state index contributed by atoms with van der Waals surface area (Å²) >= 11 is 7.56. The van der Waals surface area contributed by atoms with Crippen LogP contribution in [0.5, 0.6) is 0 Å². The summed E-state index contributed by atoms with van der Waals surface area (Å²) in [6.45, 7) is 0.495. The van der Waals surface area contributed by atoms with Gasteiger partial charge in [0, 0.05) is 16.0 Å². The third kappa shape index (κ3) is 4.22. The second-order valence-corrected chi connectivity index (χ2v) is 9.82. The maximum Gasteiger partial charge on any atom is 0.287 e. The third-order valence-corrected chi connectivity index (χ3v) is 7.33. The van der Waals surface area contributed by atoms with Crippen LogP contribution in [0.15, 0.2) is 42.5 Å². The highest BCUT2D eigenvalue weighted by atomic mass is 35.5. The van der Waals surface area contributed by atoms with Crippen LogP contribution >= 0.6 is 23.1 Å². The van der Waals surface area contributed by atoms with Crippen LogP contribution in [0.4, 0.5) is 10.2 Å². The average Bonchev–Trinajstić information content (AvgIpc) is 3.44. The molecule has 188 valence electrons. The second-order valence-electron chi connectivity index (χ2n) is 8.61. The van der Waals surface area contributed by atoms with E-state index in [9.17, 15) is 18.8 Å². The smallest absolute Gasteiger partial charge is 0.287 e. The van der Waals surface area contributed by atoms with E-state index in [2.05, 4.69) is 25.3 Å². The molecule has 0 radical (unpaired) electrons. The number of aromatic nitrogens is 3. The molecule has 2 aliphatic rings. The Hall–Kier alpha value is -3.87. The normalized spacial score (nSPS) is 17.1. The summed E-state index contributed by atoms with van der Waals surface area (Å²) in [6, 6.07) is 9.89. The summed E-state index contributed by atoms with van der Waals surface area (Å²) in [6.07, 6.45) is 0. The van der Waals surface area contributed by atoms with E-state index >= 15 is 0 Å². The number of carbonyl (C=O) groups is 3. The van der Waals surface area contributed by atoms with Gasteiger partial charge in [-0.3, -0.25) is 14.4 Å². The van der Waals surface area contributed by atoms with Crippen molar-refractivity contribution in [1.82, 2.24) is 24.6 Å². The Labute approximate surface area is 217 Å². The molecule has 0 saturated carbocycles. The summed E-state index contributed by atoms with van der Waals surface area (Å²) < 4.78 is 25.8. The predicted octanol–water partition coefficient (Wildman–Crippen LogP) is 2.89. The Bertz CT molecular complexity index is 1580. The zero-order valence-corrected chi connectivity index (χ0v) is 20.5. The summed E-state index contributed by atoms with van der Waals surface area (Å²) in [5, 5.41) is 9.20. The minimum atomic E-state index is -0.979. The van der Waals surface area contributed by atoms with Crippen LogP contribution in [0.3, 0.4) is 0 Å². The molecule has 13 heteroatoms. The minimum Gasteiger partial charge on any atom is -0.377 e. The first-order valence-corrected chi connectivity index (χ1v) is 12.4. The van der Waals surface area contributed by atoms with Gasteiger partial charge in [0.15, 0.2) is 5.82 Å². The lowest BCUT2D eigenvalue weighted by molar-refractivity contribution is -0.123. The number of fused-ring (bicyclic) bond motifs is 2. The van der Waals surface area contributed by atoms with Crippen molar-refractivity contribution in [1.29, 1.82) is 0 Å². The van der Waals surface area contributed by atoms with E-state index in [-0.39, 0.29) is 46.2 Å². The molecule has 1 fully saturated rings. The van der Waals surface area contributed by atoms with Crippen LogP contribution in [0.2, 0.25) is 5.02 Å². The molecule has 10 nitrogen and oxygen atoms in total. The third-order valence-electron chi connectivity index (χ3n) is 6.16. The van der Waals surface area contributed by atoms with Gasteiger partial charge in [-0.2, -0.15) is 4.37 Å². The number of hydrogen-bond donors (Lipinski definition) is 3. The van der Waals surface area contributed by atoms with Crippen molar-refractivity contribution < 1.29 is 23.5 Å². The predicted molar refractivity (Wildman–Crippen MR) is 133 cm³/mol. The van der Waals surface area contributed by atoms with Crippen molar-refractivity contribution in [2.75, 3.05) is 18.5 Å². The topological polar surface area (TPSA) is 127 Å². The van der Waals surface area contributed by atoms with Crippen LogP contribution in [0.1, 0.15) is 38.4 Å². The number of nitrogens with one attached hydrogen (secondary N) is 3. The monoisotopic (exact) mass is 540 g/mol. The number of amides is 3. The number of benzene rings is 2. The number of anilines is 1. The van der Waals surface area contributed by atoms with E-state index in [0.717, 1.165) is 4.70 Å². The lowest BCUT2D eigenvalue weighted by Gasteiger charge is -2.29. The van der Waals surface area contributed by atoms with Gasteiger partial charge in [-0.25, -0.2) is 9.37 Å². The Kier molecular flexibility index (Phi) is 5.86. The molecule has 2 aromatic carbocycles. The molecule has 1 saturated heterocycles. The van der Waals surface area contributed by atoms with E-state index in [4.69, 9.17) is 16.3 Å². The van der Waals surface area contributed by atoms with Crippen LogP contribution in [-0.2, 0) is 16.1 Å². The first-order chi connectivity index (χ1) is 17.9. The van der Waals surface area contributed by atoms with Crippen LogP contribution in [0.25, 0.3) is 10.1 Å². The van der Waals surface area contributed by atoms with Gasteiger partial charge in [-0.05, 0) is 35.8 Å². The standard InChI is InChI=1S/C24H18ClFN6O4S/c25-15-6-5-11(26)7-14(15)18-20-21(30-23(34)19-13-3-1-2-4-16(13)37-31-19)29-22(32(20)8-17(33)28-18)24(35)27-12-9-36-10-12/h1-7,12,18H,8-10H2,(H,27,35)(H,28,33)(H,30,34). The lowest BCUT2D eigenvalue weighted by Crippen LogP contribution is -2.49. The molecule has 3 N–H and O–H groups in total. The molecule has 4 aromatic rings. The van der Waals surface area contributed by atoms with Gasteiger partial charge in [0.25, 0.3) is 11.8 Å². The van der Waals surface area contributed by atoms with E-state index < -0.39 is 29.6 Å². The SMILES string of the molecule is O=C1Cn2c(C(=O)NC3COC3)nc(NC(=O)c3nsc4ccccc34)c2C(c2cc(F)ccc2Cl)N1. The quantitative estimate of drug-likeness (QED) is 0.357. The Morgan fingerprint density at radius 2 is 2.00 bits per heavy atom. The molecule has 3 amide bonds. The highest BCUT2D eigenvalue weighted by Gasteiger charge is 2.37. The highest BCUT2D eigenvalue weighted by Crippen LogP contribution is 2.36. The van der Waals surface area contributed by atoms with Crippen LogP contribution in [0, 0.1) is 5.82 Å². The number of hydrogen-bond acceptors (Lipinski definition) is 7. The molecule has 37 heavy (non-hydrogen) atoms. The molecule has 1 unspecified atom stereocenters. The molecule has 0 spiro atoms. The molecular weight excluding hydrogens is 523 g/mol. The van der Waals surface area contributed by atoms with Crippen LogP contribution < -0.4 is 16.0 Å². The van der Waals surface area contributed by atoms with Gasteiger partial charge >= 0.3 is 0 Å². The molecule has 2 aromatic heterocycles. The maximum atomic E-state index is 14.2. The summed E-state index contributed by atoms with van der Waals surface area (Å²) in [5.41, 5.74) is 0.736. The zero-order chi connectivity index (χ0) is 25.7. The van der Waals surface area contributed by atoms with Crippen molar-refractivity contribution in [3.8, 4) is 0 Å². The van der Waals surface area contributed by atoms with Crippen molar-refractivity contribution in [3.63, 3.8) is 0 Å².